The van der Waals surface area contributed by atoms with Gasteiger partial charge in [-0.15, -0.1) is 0 Å². The monoisotopic (exact) mass is 466 g/mol. The van der Waals surface area contributed by atoms with Crippen molar-refractivity contribution in [2.75, 3.05) is 6.54 Å². The molecule has 4 rings (SSSR count). The van der Waals surface area contributed by atoms with Crippen molar-refractivity contribution >= 4 is 15.9 Å². The fourth-order valence-corrected chi connectivity index (χ4v) is 6.48. The third-order valence-corrected chi connectivity index (χ3v) is 8.56. The molecule has 2 heterocycles. The molecule has 0 spiro atoms. The lowest BCUT2D eigenvalue weighted by atomic mass is 10.0. The molecule has 1 aromatic heterocycles. The highest BCUT2D eigenvalue weighted by atomic mass is 32.2. The summed E-state index contributed by atoms with van der Waals surface area (Å²) in [6.07, 6.45) is 7.64. The van der Waals surface area contributed by atoms with Gasteiger partial charge in [0.05, 0.1) is 6.33 Å². The van der Waals surface area contributed by atoms with Crippen LogP contribution in [0.25, 0.3) is 0 Å². The summed E-state index contributed by atoms with van der Waals surface area (Å²) in [7, 11) is -3.48. The van der Waals surface area contributed by atoms with Crippen LogP contribution in [0.4, 0.5) is 0 Å². The van der Waals surface area contributed by atoms with Gasteiger partial charge in [-0.2, -0.15) is 4.31 Å². The van der Waals surface area contributed by atoms with Gasteiger partial charge >= 0.3 is 0 Å². The Kier molecular flexibility index (Phi) is 7.25. The number of nitrogens with one attached hydrogen (secondary N) is 1. The molecule has 1 saturated heterocycles. The van der Waals surface area contributed by atoms with Crippen LogP contribution in [-0.4, -0.2) is 40.8 Å². The van der Waals surface area contributed by atoms with Crippen molar-refractivity contribution in [2.24, 2.45) is 0 Å². The summed E-state index contributed by atoms with van der Waals surface area (Å²) in [5.74, 6) is -0.129. The Morgan fingerprint density at radius 3 is 2.55 bits per heavy atom. The Morgan fingerprint density at radius 2 is 1.85 bits per heavy atom. The molecule has 2 atom stereocenters. The van der Waals surface area contributed by atoms with E-state index >= 15 is 0 Å². The Bertz CT molecular complexity index is 1150. The molecule has 0 unspecified atom stereocenters. The highest BCUT2D eigenvalue weighted by Gasteiger charge is 2.40. The van der Waals surface area contributed by atoms with E-state index in [4.69, 9.17) is 0 Å². The summed E-state index contributed by atoms with van der Waals surface area (Å²) in [4.78, 5) is 16.4. The number of benzene rings is 2. The molecule has 1 aliphatic heterocycles. The predicted octanol–water partition coefficient (Wildman–Crippen LogP) is 3.76. The highest BCUT2D eigenvalue weighted by molar-refractivity contribution is 7.89. The molecule has 0 aliphatic carbocycles. The van der Waals surface area contributed by atoms with Crippen LogP contribution >= 0.6 is 0 Å². The normalized spacial score (nSPS) is 20.4. The van der Waals surface area contributed by atoms with Crippen molar-refractivity contribution in [3.8, 4) is 0 Å². The van der Waals surface area contributed by atoms with Crippen LogP contribution in [0.5, 0.6) is 0 Å². The number of sulfonamides is 1. The van der Waals surface area contributed by atoms with Crippen LogP contribution in [0.1, 0.15) is 52.9 Å². The van der Waals surface area contributed by atoms with Crippen molar-refractivity contribution in [3.05, 3.63) is 90.0 Å². The number of carbonyl (C=O) groups excluding carboxylic acids is 1. The van der Waals surface area contributed by atoms with Gasteiger partial charge in [0.2, 0.25) is 10.0 Å². The van der Waals surface area contributed by atoms with Gasteiger partial charge in [-0.1, -0.05) is 42.5 Å². The molecule has 0 bridgehead atoms. The number of nitrogens with zero attached hydrogens (tertiary/aromatic N) is 3. The van der Waals surface area contributed by atoms with Crippen LogP contribution in [0.3, 0.4) is 0 Å². The first-order chi connectivity index (χ1) is 15.9. The number of hydrogen-bond acceptors (Lipinski definition) is 4. The summed E-state index contributed by atoms with van der Waals surface area (Å²) in [6.45, 7) is 3.64. The third kappa shape index (κ3) is 5.51. The molecule has 33 heavy (non-hydrogen) atoms. The van der Waals surface area contributed by atoms with Crippen molar-refractivity contribution in [1.29, 1.82) is 0 Å². The van der Waals surface area contributed by atoms with E-state index in [1.54, 1.807) is 29.0 Å². The standard InChI is InChI=1S/C25H30N4O3S/c1-20-8-13-24(22-6-3-2-4-7-22)33(31,32)29(20)18-21-9-11-23(12-10-21)25(30)27-14-5-16-28-17-15-26-19-28/h2-4,6-7,9-12,15,17,19-20,24H,5,8,13-14,16,18H2,1H3,(H,27,30)/t20-,24+/m0/s1. The smallest absolute Gasteiger partial charge is 0.251 e. The van der Waals surface area contributed by atoms with Crippen LogP contribution in [0, 0.1) is 0 Å². The first-order valence-electron chi connectivity index (χ1n) is 11.3. The van der Waals surface area contributed by atoms with Crippen molar-refractivity contribution in [3.63, 3.8) is 0 Å². The number of hydrogen-bond donors (Lipinski definition) is 1. The molecule has 1 amide bonds. The van der Waals surface area contributed by atoms with Gasteiger partial charge in [0, 0.05) is 43.6 Å². The van der Waals surface area contributed by atoms with E-state index in [1.807, 2.05) is 60.2 Å². The second-order valence-electron chi connectivity index (χ2n) is 8.52. The van der Waals surface area contributed by atoms with Gasteiger partial charge in [0.1, 0.15) is 5.25 Å². The zero-order chi connectivity index (χ0) is 23.3. The van der Waals surface area contributed by atoms with E-state index in [1.165, 1.54) is 0 Å². The SMILES string of the molecule is C[C@H]1CC[C@H](c2ccccc2)S(=O)(=O)N1Cc1ccc(C(=O)NCCCn2ccnc2)cc1. The number of amides is 1. The van der Waals surface area contributed by atoms with Gasteiger partial charge in [0.15, 0.2) is 0 Å². The number of aromatic nitrogens is 2. The maximum Gasteiger partial charge on any atom is 0.251 e. The molecule has 0 radical (unpaired) electrons. The fourth-order valence-electron chi connectivity index (χ4n) is 4.28. The second kappa shape index (κ2) is 10.3. The van der Waals surface area contributed by atoms with Crippen LogP contribution < -0.4 is 5.32 Å². The predicted molar refractivity (Wildman–Crippen MR) is 128 cm³/mol. The second-order valence-corrected chi connectivity index (χ2v) is 10.6. The molecule has 2 aromatic carbocycles. The summed E-state index contributed by atoms with van der Waals surface area (Å²) in [5, 5.41) is 2.42. The van der Waals surface area contributed by atoms with Gasteiger partial charge in [-0.05, 0) is 49.4 Å². The maximum absolute atomic E-state index is 13.4. The zero-order valence-corrected chi connectivity index (χ0v) is 19.6. The Balaban J connectivity index is 1.36. The number of aryl methyl sites for hydroxylation is 1. The lowest BCUT2D eigenvalue weighted by Crippen LogP contribution is -2.44. The lowest BCUT2D eigenvalue weighted by molar-refractivity contribution is 0.0952. The Labute approximate surface area is 195 Å². The molecule has 8 heteroatoms. The van der Waals surface area contributed by atoms with E-state index in [0.29, 0.717) is 25.1 Å². The van der Waals surface area contributed by atoms with Crippen LogP contribution in [-0.2, 0) is 23.1 Å². The minimum Gasteiger partial charge on any atom is -0.352 e. The van der Waals surface area contributed by atoms with Gasteiger partial charge in [-0.25, -0.2) is 13.4 Å². The van der Waals surface area contributed by atoms with Gasteiger partial charge < -0.3 is 9.88 Å². The van der Waals surface area contributed by atoms with E-state index in [9.17, 15) is 13.2 Å². The van der Waals surface area contributed by atoms with Gasteiger partial charge in [-0.3, -0.25) is 4.79 Å². The van der Waals surface area contributed by atoms with Crippen molar-refractivity contribution in [2.45, 2.75) is 50.6 Å². The number of rotatable bonds is 8. The molecule has 1 N–H and O–H groups in total. The molecule has 1 fully saturated rings. The van der Waals surface area contributed by atoms with E-state index in [2.05, 4.69) is 10.3 Å². The molecule has 3 aromatic rings. The first-order valence-corrected chi connectivity index (χ1v) is 12.8. The first kappa shape index (κ1) is 23.2. The largest absolute Gasteiger partial charge is 0.352 e. The van der Waals surface area contributed by atoms with Crippen LogP contribution in [0.15, 0.2) is 73.3 Å². The highest BCUT2D eigenvalue weighted by Crippen LogP contribution is 2.37. The lowest BCUT2D eigenvalue weighted by Gasteiger charge is -2.37. The number of carbonyl (C=O) groups is 1. The topological polar surface area (TPSA) is 84.3 Å². The van der Waals surface area contributed by atoms with Gasteiger partial charge in [0.25, 0.3) is 5.91 Å². The summed E-state index contributed by atoms with van der Waals surface area (Å²) >= 11 is 0. The zero-order valence-electron chi connectivity index (χ0n) is 18.8. The molecular formula is C25H30N4O3S. The molecular weight excluding hydrogens is 436 g/mol. The molecule has 174 valence electrons. The molecule has 1 aliphatic rings. The van der Waals surface area contributed by atoms with Crippen molar-refractivity contribution in [1.82, 2.24) is 19.2 Å². The summed E-state index contributed by atoms with van der Waals surface area (Å²) < 4.78 is 30.4. The Hall–Kier alpha value is -2.97. The van der Waals surface area contributed by atoms with E-state index in [-0.39, 0.29) is 11.9 Å². The summed E-state index contributed by atoms with van der Waals surface area (Å²) in [5.41, 5.74) is 2.28. The summed E-state index contributed by atoms with van der Waals surface area (Å²) in [6, 6.07) is 16.6. The van der Waals surface area contributed by atoms with Crippen LogP contribution in [0.2, 0.25) is 0 Å². The van der Waals surface area contributed by atoms with Crippen molar-refractivity contribution < 1.29 is 13.2 Å². The third-order valence-electron chi connectivity index (χ3n) is 6.19. The average Bonchev–Trinajstić information content (AvgIpc) is 3.34. The number of imidazole rings is 1. The molecule has 0 saturated carbocycles. The van der Waals surface area contributed by atoms with E-state index in [0.717, 1.165) is 30.5 Å². The Morgan fingerprint density at radius 1 is 1.09 bits per heavy atom. The minimum atomic E-state index is -3.48. The average molecular weight is 467 g/mol. The quantitative estimate of drug-likeness (QED) is 0.513. The van der Waals surface area contributed by atoms with E-state index < -0.39 is 15.3 Å². The fraction of sp³-hybridized carbons (Fsp3) is 0.360. The molecule has 7 nitrogen and oxygen atoms in total. The maximum atomic E-state index is 13.4. The minimum absolute atomic E-state index is 0.0616.